The van der Waals surface area contributed by atoms with Crippen molar-refractivity contribution in [2.45, 2.75) is 32.4 Å². The number of benzene rings is 2. The zero-order valence-corrected chi connectivity index (χ0v) is 16.4. The van der Waals surface area contributed by atoms with Crippen LogP contribution < -0.4 is 5.32 Å². The molecule has 0 aliphatic heterocycles. The number of carbonyl (C=O) groups excluding carboxylic acids is 3. The number of ether oxygens (including phenoxy) is 1. The lowest BCUT2D eigenvalue weighted by molar-refractivity contribution is -0.148. The molecule has 2 amide bonds. The van der Waals surface area contributed by atoms with Crippen LogP contribution in [0.4, 0.5) is 0 Å². The van der Waals surface area contributed by atoms with E-state index in [0.29, 0.717) is 5.56 Å². The van der Waals surface area contributed by atoms with Crippen molar-refractivity contribution in [3.8, 4) is 0 Å². The molecular weight excluding hydrogens is 356 g/mol. The molecule has 2 aromatic carbocycles. The quantitative estimate of drug-likeness (QED) is 0.712. The van der Waals surface area contributed by atoms with Gasteiger partial charge in [-0.25, -0.2) is 0 Å². The van der Waals surface area contributed by atoms with E-state index in [4.69, 9.17) is 4.74 Å². The summed E-state index contributed by atoms with van der Waals surface area (Å²) >= 11 is 0. The second-order valence-electron chi connectivity index (χ2n) is 6.80. The van der Waals surface area contributed by atoms with Gasteiger partial charge >= 0.3 is 5.97 Å². The zero-order valence-electron chi connectivity index (χ0n) is 16.4. The van der Waals surface area contributed by atoms with Gasteiger partial charge in [0, 0.05) is 12.6 Å². The summed E-state index contributed by atoms with van der Waals surface area (Å²) in [5.41, 5.74) is 1.31. The Morgan fingerprint density at radius 3 is 2.11 bits per heavy atom. The van der Waals surface area contributed by atoms with Gasteiger partial charge in [0.15, 0.2) is 0 Å². The maximum absolute atomic E-state index is 12.5. The van der Waals surface area contributed by atoms with Crippen LogP contribution in [0.5, 0.6) is 0 Å². The second-order valence-corrected chi connectivity index (χ2v) is 6.80. The third-order valence-corrected chi connectivity index (χ3v) is 4.02. The smallest absolute Gasteiger partial charge is 0.308 e. The lowest BCUT2D eigenvalue weighted by atomic mass is 10.0. The number of nitrogens with zero attached hydrogens (tertiary/aromatic N) is 1. The van der Waals surface area contributed by atoms with Crippen LogP contribution in [0, 0.1) is 0 Å². The Bertz CT molecular complexity index is 791. The molecule has 2 rings (SSSR count). The van der Waals surface area contributed by atoms with E-state index in [9.17, 15) is 14.4 Å². The SMILES string of the molecule is CC(C)OC(=O)CC(NC(=O)CN(C)C(=O)c1ccccc1)c1ccccc1. The predicted molar refractivity (Wildman–Crippen MR) is 107 cm³/mol. The van der Waals surface area contributed by atoms with Crippen molar-refractivity contribution in [1.29, 1.82) is 0 Å². The fourth-order valence-electron chi connectivity index (χ4n) is 2.74. The van der Waals surface area contributed by atoms with Gasteiger partial charge in [-0.2, -0.15) is 0 Å². The Labute approximate surface area is 165 Å². The molecule has 6 heteroatoms. The fraction of sp³-hybridized carbons (Fsp3) is 0.318. The number of hydrogen-bond donors (Lipinski definition) is 1. The molecule has 0 aliphatic rings. The minimum absolute atomic E-state index is 0.0181. The molecule has 0 saturated heterocycles. The summed E-state index contributed by atoms with van der Waals surface area (Å²) in [7, 11) is 1.57. The van der Waals surface area contributed by atoms with E-state index in [1.54, 1.807) is 45.2 Å². The monoisotopic (exact) mass is 382 g/mol. The maximum atomic E-state index is 12.5. The number of carbonyl (C=O) groups is 3. The molecule has 1 unspecified atom stereocenters. The van der Waals surface area contributed by atoms with Gasteiger partial charge in [0.25, 0.3) is 5.91 Å². The van der Waals surface area contributed by atoms with Crippen LogP contribution in [0.1, 0.15) is 42.2 Å². The summed E-state index contributed by atoms with van der Waals surface area (Å²) in [6.45, 7) is 3.44. The number of esters is 1. The molecule has 0 fully saturated rings. The average Bonchev–Trinajstić information content (AvgIpc) is 2.67. The molecule has 1 N–H and O–H groups in total. The first kappa shape index (κ1) is 21.2. The molecule has 0 aromatic heterocycles. The highest BCUT2D eigenvalue weighted by Crippen LogP contribution is 2.18. The number of rotatable bonds is 8. The maximum Gasteiger partial charge on any atom is 0.308 e. The standard InChI is InChI=1S/C22H26N2O4/c1-16(2)28-21(26)14-19(17-10-6-4-7-11-17)23-20(25)15-24(3)22(27)18-12-8-5-9-13-18/h4-13,16,19H,14-15H2,1-3H3,(H,23,25). The molecule has 0 heterocycles. The van der Waals surface area contributed by atoms with E-state index in [1.807, 2.05) is 36.4 Å². The number of nitrogens with one attached hydrogen (secondary N) is 1. The van der Waals surface area contributed by atoms with Crippen molar-refractivity contribution in [3.63, 3.8) is 0 Å². The Kier molecular flexibility index (Phi) is 7.75. The third-order valence-electron chi connectivity index (χ3n) is 4.02. The molecule has 28 heavy (non-hydrogen) atoms. The Hall–Kier alpha value is -3.15. The average molecular weight is 382 g/mol. The van der Waals surface area contributed by atoms with Crippen LogP contribution in [0.2, 0.25) is 0 Å². The van der Waals surface area contributed by atoms with Crippen LogP contribution in [0.15, 0.2) is 60.7 Å². The molecule has 0 saturated carbocycles. The summed E-state index contributed by atoms with van der Waals surface area (Å²) < 4.78 is 5.21. The lowest BCUT2D eigenvalue weighted by Gasteiger charge is -2.22. The van der Waals surface area contributed by atoms with Crippen molar-refractivity contribution in [3.05, 3.63) is 71.8 Å². The van der Waals surface area contributed by atoms with Crippen molar-refractivity contribution in [2.24, 2.45) is 0 Å². The van der Waals surface area contributed by atoms with Crippen LogP contribution in [-0.2, 0) is 14.3 Å². The van der Waals surface area contributed by atoms with E-state index in [-0.39, 0.29) is 30.9 Å². The lowest BCUT2D eigenvalue weighted by Crippen LogP contribution is -2.40. The van der Waals surface area contributed by atoms with Crippen molar-refractivity contribution < 1.29 is 19.1 Å². The van der Waals surface area contributed by atoms with Gasteiger partial charge in [0.2, 0.25) is 5.91 Å². The van der Waals surface area contributed by atoms with E-state index in [2.05, 4.69) is 5.32 Å². The van der Waals surface area contributed by atoms with Crippen LogP contribution >= 0.6 is 0 Å². The first-order chi connectivity index (χ1) is 13.4. The van der Waals surface area contributed by atoms with Crippen LogP contribution in [-0.4, -0.2) is 42.4 Å². The number of amides is 2. The molecule has 2 aromatic rings. The normalized spacial score (nSPS) is 11.6. The summed E-state index contributed by atoms with van der Waals surface area (Å²) in [6, 6.07) is 17.5. The van der Waals surface area contributed by atoms with Gasteiger partial charge in [0.05, 0.1) is 25.1 Å². The van der Waals surface area contributed by atoms with Gasteiger partial charge in [-0.15, -0.1) is 0 Å². The molecule has 0 spiro atoms. The van der Waals surface area contributed by atoms with Crippen molar-refractivity contribution in [1.82, 2.24) is 10.2 Å². The van der Waals surface area contributed by atoms with E-state index < -0.39 is 12.0 Å². The molecule has 0 radical (unpaired) electrons. The minimum atomic E-state index is -0.528. The van der Waals surface area contributed by atoms with Gasteiger partial charge in [-0.1, -0.05) is 48.5 Å². The molecule has 0 aliphatic carbocycles. The van der Waals surface area contributed by atoms with Gasteiger partial charge in [-0.05, 0) is 31.5 Å². The van der Waals surface area contributed by atoms with Gasteiger partial charge in [0.1, 0.15) is 0 Å². The van der Waals surface area contributed by atoms with E-state index >= 15 is 0 Å². The Balaban J connectivity index is 2.03. The first-order valence-corrected chi connectivity index (χ1v) is 9.21. The molecule has 148 valence electrons. The van der Waals surface area contributed by atoms with Crippen molar-refractivity contribution in [2.75, 3.05) is 13.6 Å². The van der Waals surface area contributed by atoms with Gasteiger partial charge in [-0.3, -0.25) is 14.4 Å². The van der Waals surface area contributed by atoms with Crippen LogP contribution in [0.3, 0.4) is 0 Å². The highest BCUT2D eigenvalue weighted by atomic mass is 16.5. The number of likely N-dealkylation sites (N-methyl/N-ethyl adjacent to an activating group) is 1. The largest absolute Gasteiger partial charge is 0.463 e. The topological polar surface area (TPSA) is 75.7 Å². The second kappa shape index (κ2) is 10.3. The first-order valence-electron chi connectivity index (χ1n) is 9.21. The number of hydrogen-bond acceptors (Lipinski definition) is 4. The molecule has 1 atom stereocenters. The highest BCUT2D eigenvalue weighted by molar-refractivity contribution is 5.96. The molecular formula is C22H26N2O4. The van der Waals surface area contributed by atoms with E-state index in [1.165, 1.54) is 4.90 Å². The van der Waals surface area contributed by atoms with E-state index in [0.717, 1.165) is 5.56 Å². The Morgan fingerprint density at radius 2 is 1.54 bits per heavy atom. The third kappa shape index (κ3) is 6.54. The highest BCUT2D eigenvalue weighted by Gasteiger charge is 2.22. The van der Waals surface area contributed by atoms with Gasteiger partial charge < -0.3 is 15.0 Å². The summed E-state index contributed by atoms with van der Waals surface area (Å²) in [4.78, 5) is 38.4. The minimum Gasteiger partial charge on any atom is -0.463 e. The van der Waals surface area contributed by atoms with Crippen LogP contribution in [0.25, 0.3) is 0 Å². The predicted octanol–water partition coefficient (Wildman–Crippen LogP) is 2.96. The molecule has 6 nitrogen and oxygen atoms in total. The molecule has 0 bridgehead atoms. The summed E-state index contributed by atoms with van der Waals surface area (Å²) in [5.74, 6) is -0.984. The summed E-state index contributed by atoms with van der Waals surface area (Å²) in [5, 5.41) is 2.84. The Morgan fingerprint density at radius 1 is 0.964 bits per heavy atom. The fourth-order valence-corrected chi connectivity index (χ4v) is 2.74. The summed E-state index contributed by atoms with van der Waals surface area (Å²) in [6.07, 6.45) is -0.209. The zero-order chi connectivity index (χ0) is 20.5. The van der Waals surface area contributed by atoms with Crippen molar-refractivity contribution >= 4 is 17.8 Å².